The Morgan fingerprint density at radius 1 is 1.17 bits per heavy atom. The number of carbonyl (C=O) groups excluding carboxylic acids is 1. The Kier molecular flexibility index (Phi) is 5.16. The summed E-state index contributed by atoms with van der Waals surface area (Å²) in [6, 6.07) is 11.4. The largest absolute Gasteiger partial charge is 0.381 e. The molecule has 0 unspecified atom stereocenters. The lowest BCUT2D eigenvalue weighted by Crippen LogP contribution is -2.15. The van der Waals surface area contributed by atoms with E-state index in [1.807, 2.05) is 30.3 Å². The molecule has 120 valence electrons. The van der Waals surface area contributed by atoms with E-state index >= 15 is 0 Å². The van der Waals surface area contributed by atoms with Crippen LogP contribution in [0, 0.1) is 0 Å². The first kappa shape index (κ1) is 16.7. The Balaban J connectivity index is 2.08. The number of benzene rings is 1. The molecule has 0 saturated heterocycles. The van der Waals surface area contributed by atoms with Crippen LogP contribution in [0.3, 0.4) is 0 Å². The van der Waals surface area contributed by atoms with Crippen LogP contribution in [0.15, 0.2) is 55.3 Å². The fraction of sp³-hybridized carbons (Fsp3) is 0.263. The lowest BCUT2D eigenvalue weighted by atomic mass is 9.87. The van der Waals surface area contributed by atoms with Gasteiger partial charge < -0.3 is 10.6 Å². The van der Waals surface area contributed by atoms with E-state index in [-0.39, 0.29) is 11.3 Å². The maximum absolute atomic E-state index is 12.3. The van der Waals surface area contributed by atoms with Crippen molar-refractivity contribution in [2.75, 3.05) is 17.2 Å². The molecule has 1 aromatic heterocycles. The summed E-state index contributed by atoms with van der Waals surface area (Å²) < 4.78 is 0. The number of hydrogen-bond donors (Lipinski definition) is 2. The quantitative estimate of drug-likeness (QED) is 0.813. The van der Waals surface area contributed by atoms with Crippen molar-refractivity contribution in [3.05, 3.63) is 66.5 Å². The van der Waals surface area contributed by atoms with E-state index in [0.29, 0.717) is 12.2 Å². The SMILES string of the molecule is C=CCNc1ccnc(C(=O)Nc2ccc(C(C)(C)C)cc2)c1. The Hall–Kier alpha value is -2.62. The molecule has 23 heavy (non-hydrogen) atoms. The highest BCUT2D eigenvalue weighted by molar-refractivity contribution is 6.03. The highest BCUT2D eigenvalue weighted by atomic mass is 16.1. The zero-order valence-corrected chi connectivity index (χ0v) is 13.9. The zero-order valence-electron chi connectivity index (χ0n) is 13.9. The van der Waals surface area contributed by atoms with Crippen molar-refractivity contribution in [2.45, 2.75) is 26.2 Å². The van der Waals surface area contributed by atoms with Crippen molar-refractivity contribution in [3.8, 4) is 0 Å². The predicted octanol–water partition coefficient (Wildman–Crippen LogP) is 4.23. The predicted molar refractivity (Wildman–Crippen MR) is 96.0 cm³/mol. The van der Waals surface area contributed by atoms with Crippen molar-refractivity contribution in [1.82, 2.24) is 4.98 Å². The molecular formula is C19H23N3O. The number of carbonyl (C=O) groups is 1. The molecule has 0 saturated carbocycles. The van der Waals surface area contributed by atoms with Crippen LogP contribution in [0.4, 0.5) is 11.4 Å². The molecule has 0 bridgehead atoms. The van der Waals surface area contributed by atoms with Crippen molar-refractivity contribution in [2.24, 2.45) is 0 Å². The van der Waals surface area contributed by atoms with Gasteiger partial charge >= 0.3 is 0 Å². The van der Waals surface area contributed by atoms with Gasteiger partial charge in [0.2, 0.25) is 0 Å². The average Bonchev–Trinajstić information content (AvgIpc) is 2.53. The second-order valence-corrected chi connectivity index (χ2v) is 6.38. The summed E-state index contributed by atoms with van der Waals surface area (Å²) in [6.07, 6.45) is 3.37. The van der Waals surface area contributed by atoms with Gasteiger partial charge in [0, 0.05) is 24.1 Å². The van der Waals surface area contributed by atoms with E-state index in [0.717, 1.165) is 11.4 Å². The first-order chi connectivity index (χ1) is 10.9. The van der Waals surface area contributed by atoms with Gasteiger partial charge in [-0.15, -0.1) is 6.58 Å². The second kappa shape index (κ2) is 7.09. The smallest absolute Gasteiger partial charge is 0.274 e. The van der Waals surface area contributed by atoms with E-state index < -0.39 is 0 Å². The highest BCUT2D eigenvalue weighted by Crippen LogP contribution is 2.23. The summed E-state index contributed by atoms with van der Waals surface area (Å²) in [5.41, 5.74) is 3.29. The van der Waals surface area contributed by atoms with Gasteiger partial charge in [-0.1, -0.05) is 39.0 Å². The van der Waals surface area contributed by atoms with Gasteiger partial charge in [-0.25, -0.2) is 0 Å². The van der Waals surface area contributed by atoms with E-state index in [9.17, 15) is 4.79 Å². The fourth-order valence-corrected chi connectivity index (χ4v) is 2.10. The number of nitrogens with zero attached hydrogens (tertiary/aromatic N) is 1. The monoisotopic (exact) mass is 309 g/mol. The first-order valence-electron chi connectivity index (χ1n) is 7.63. The Bertz CT molecular complexity index is 685. The molecule has 2 rings (SSSR count). The number of amides is 1. The third-order valence-electron chi connectivity index (χ3n) is 3.45. The molecule has 1 aromatic carbocycles. The van der Waals surface area contributed by atoms with Gasteiger partial charge in [0.25, 0.3) is 5.91 Å². The number of rotatable bonds is 5. The number of pyridine rings is 1. The molecule has 2 aromatic rings. The van der Waals surface area contributed by atoms with Gasteiger partial charge in [0.1, 0.15) is 5.69 Å². The van der Waals surface area contributed by atoms with Crippen molar-refractivity contribution in [1.29, 1.82) is 0 Å². The van der Waals surface area contributed by atoms with Crippen molar-refractivity contribution in [3.63, 3.8) is 0 Å². The number of hydrogen-bond acceptors (Lipinski definition) is 3. The third-order valence-corrected chi connectivity index (χ3v) is 3.45. The maximum Gasteiger partial charge on any atom is 0.274 e. The number of anilines is 2. The molecule has 4 nitrogen and oxygen atoms in total. The molecular weight excluding hydrogens is 286 g/mol. The van der Waals surface area contributed by atoms with Gasteiger partial charge in [-0.05, 0) is 35.2 Å². The van der Waals surface area contributed by atoms with Crippen LogP contribution >= 0.6 is 0 Å². The summed E-state index contributed by atoms with van der Waals surface area (Å²) in [6.45, 7) is 10.8. The van der Waals surface area contributed by atoms with Crippen molar-refractivity contribution >= 4 is 17.3 Å². The normalized spacial score (nSPS) is 10.9. The standard InChI is InChI=1S/C19H23N3O/c1-5-11-20-16-10-12-21-17(13-16)18(23)22-15-8-6-14(7-9-15)19(2,3)4/h5-10,12-13H,1,11H2,2-4H3,(H,20,21)(H,22,23). The minimum atomic E-state index is -0.226. The molecule has 0 aliphatic heterocycles. The minimum absolute atomic E-state index is 0.0925. The molecule has 2 N–H and O–H groups in total. The summed E-state index contributed by atoms with van der Waals surface area (Å²) in [4.78, 5) is 16.4. The minimum Gasteiger partial charge on any atom is -0.381 e. The molecule has 4 heteroatoms. The molecule has 0 atom stereocenters. The third kappa shape index (κ3) is 4.68. The van der Waals surface area contributed by atoms with E-state index in [1.165, 1.54) is 5.56 Å². The Morgan fingerprint density at radius 3 is 2.48 bits per heavy atom. The van der Waals surface area contributed by atoms with Gasteiger partial charge in [-0.2, -0.15) is 0 Å². The average molecular weight is 309 g/mol. The Labute approximate surface area is 137 Å². The van der Waals surface area contributed by atoms with E-state index in [2.05, 4.69) is 43.0 Å². The molecule has 0 spiro atoms. The van der Waals surface area contributed by atoms with Gasteiger partial charge in [0.05, 0.1) is 0 Å². The van der Waals surface area contributed by atoms with Crippen LogP contribution < -0.4 is 10.6 Å². The molecule has 0 fully saturated rings. The van der Waals surface area contributed by atoms with Crippen LogP contribution in [0.1, 0.15) is 36.8 Å². The van der Waals surface area contributed by atoms with Crippen LogP contribution in [0.2, 0.25) is 0 Å². The van der Waals surface area contributed by atoms with Crippen LogP contribution in [0.5, 0.6) is 0 Å². The topological polar surface area (TPSA) is 54.0 Å². The Morgan fingerprint density at radius 2 is 1.87 bits per heavy atom. The highest BCUT2D eigenvalue weighted by Gasteiger charge is 2.14. The number of nitrogens with one attached hydrogen (secondary N) is 2. The molecule has 1 amide bonds. The van der Waals surface area contributed by atoms with Crippen molar-refractivity contribution < 1.29 is 4.79 Å². The second-order valence-electron chi connectivity index (χ2n) is 6.38. The molecule has 0 aliphatic carbocycles. The van der Waals surface area contributed by atoms with E-state index in [1.54, 1.807) is 18.3 Å². The lowest BCUT2D eigenvalue weighted by Gasteiger charge is -2.19. The summed E-state index contributed by atoms with van der Waals surface area (Å²) in [5, 5.41) is 6.01. The van der Waals surface area contributed by atoms with Gasteiger partial charge in [0.15, 0.2) is 0 Å². The molecule has 0 radical (unpaired) electrons. The molecule has 1 heterocycles. The van der Waals surface area contributed by atoms with Crippen LogP contribution in [-0.2, 0) is 5.41 Å². The summed E-state index contributed by atoms with van der Waals surface area (Å²) in [7, 11) is 0. The summed E-state index contributed by atoms with van der Waals surface area (Å²) >= 11 is 0. The lowest BCUT2D eigenvalue weighted by molar-refractivity contribution is 0.102. The number of aromatic nitrogens is 1. The summed E-state index contributed by atoms with van der Waals surface area (Å²) in [5.74, 6) is -0.226. The first-order valence-corrected chi connectivity index (χ1v) is 7.63. The van der Waals surface area contributed by atoms with Gasteiger partial charge in [-0.3, -0.25) is 9.78 Å². The fourth-order valence-electron chi connectivity index (χ4n) is 2.10. The molecule has 0 aliphatic rings. The zero-order chi connectivity index (χ0) is 16.9. The van der Waals surface area contributed by atoms with E-state index in [4.69, 9.17) is 0 Å². The van der Waals surface area contributed by atoms with Crippen LogP contribution in [0.25, 0.3) is 0 Å². The van der Waals surface area contributed by atoms with Crippen LogP contribution in [-0.4, -0.2) is 17.4 Å². The maximum atomic E-state index is 12.3.